The minimum absolute atomic E-state index is 0.348. The van der Waals surface area contributed by atoms with Crippen LogP contribution >= 0.6 is 0 Å². The van der Waals surface area contributed by atoms with Crippen LogP contribution in [0.1, 0.15) is 65.3 Å². The average Bonchev–Trinajstić information content (AvgIpc) is 3.38. The van der Waals surface area contributed by atoms with Crippen molar-refractivity contribution in [3.63, 3.8) is 0 Å². The number of carbonyl (C=O) groups excluding carboxylic acids is 1. The van der Waals surface area contributed by atoms with E-state index < -0.39 is 0 Å². The molecule has 7 nitrogen and oxygen atoms in total. The Labute approximate surface area is 146 Å². The normalized spacial score (nSPS) is 18.4. The molecular weight excluding hydrogens is 320 g/mol. The van der Waals surface area contributed by atoms with Crippen LogP contribution in [0.15, 0.2) is 16.7 Å². The van der Waals surface area contributed by atoms with Crippen LogP contribution in [0.25, 0.3) is 0 Å². The first-order valence-corrected chi connectivity index (χ1v) is 8.80. The predicted molar refractivity (Wildman–Crippen MR) is 90.8 cm³/mol. The molecule has 1 aliphatic carbocycles. The lowest BCUT2D eigenvalue weighted by molar-refractivity contribution is 0.0599. The number of anilines is 1. The fourth-order valence-corrected chi connectivity index (χ4v) is 3.33. The molecule has 2 aromatic rings. The van der Waals surface area contributed by atoms with Gasteiger partial charge in [-0.25, -0.2) is 9.78 Å². The number of hydrogen-bond acceptors (Lipinski definition) is 7. The summed E-state index contributed by atoms with van der Waals surface area (Å²) in [5, 5.41) is 4.18. The van der Waals surface area contributed by atoms with Crippen molar-refractivity contribution in [3.8, 4) is 0 Å². The van der Waals surface area contributed by atoms with Crippen LogP contribution in [-0.4, -0.2) is 41.3 Å². The number of methoxy groups -OCH3 is 1. The number of hydrogen-bond donors (Lipinski definition) is 0. The van der Waals surface area contributed by atoms with Gasteiger partial charge in [0.2, 0.25) is 5.89 Å². The number of aromatic nitrogens is 3. The van der Waals surface area contributed by atoms with Crippen molar-refractivity contribution in [1.82, 2.24) is 15.1 Å². The molecule has 4 rings (SSSR count). The van der Waals surface area contributed by atoms with Gasteiger partial charge in [0.25, 0.3) is 0 Å². The van der Waals surface area contributed by atoms with Crippen molar-refractivity contribution in [1.29, 1.82) is 0 Å². The zero-order valence-corrected chi connectivity index (χ0v) is 14.6. The maximum Gasteiger partial charge on any atom is 0.339 e. The first-order valence-electron chi connectivity index (χ1n) is 8.80. The van der Waals surface area contributed by atoms with Crippen molar-refractivity contribution >= 4 is 11.8 Å². The molecule has 0 atom stereocenters. The smallest absolute Gasteiger partial charge is 0.339 e. The third kappa shape index (κ3) is 3.23. The minimum Gasteiger partial charge on any atom is -0.465 e. The monoisotopic (exact) mass is 342 g/mol. The van der Waals surface area contributed by atoms with Crippen molar-refractivity contribution in [3.05, 3.63) is 35.1 Å². The van der Waals surface area contributed by atoms with Crippen LogP contribution < -0.4 is 4.90 Å². The summed E-state index contributed by atoms with van der Waals surface area (Å²) in [6.07, 6.45) is 4.30. The lowest BCUT2D eigenvalue weighted by Crippen LogP contribution is -2.34. The predicted octanol–water partition coefficient (Wildman–Crippen LogP) is 2.82. The molecule has 25 heavy (non-hydrogen) atoms. The van der Waals surface area contributed by atoms with Crippen LogP contribution in [0.5, 0.6) is 0 Å². The first-order chi connectivity index (χ1) is 12.2. The molecule has 1 aliphatic heterocycles. The summed E-state index contributed by atoms with van der Waals surface area (Å²) in [6, 6.07) is 3.68. The van der Waals surface area contributed by atoms with Crippen LogP contribution in [0.3, 0.4) is 0 Å². The Morgan fingerprint density at radius 1 is 1.16 bits per heavy atom. The van der Waals surface area contributed by atoms with Gasteiger partial charge in [0.05, 0.1) is 18.4 Å². The van der Waals surface area contributed by atoms with Crippen LogP contribution in [-0.2, 0) is 4.74 Å². The lowest BCUT2D eigenvalue weighted by atomic mass is 9.96. The molecule has 2 aliphatic rings. The van der Waals surface area contributed by atoms with Gasteiger partial charge in [0.1, 0.15) is 5.82 Å². The number of carbonyl (C=O) groups is 1. The highest BCUT2D eigenvalue weighted by Gasteiger charge is 2.32. The van der Waals surface area contributed by atoms with Gasteiger partial charge in [-0.2, -0.15) is 4.98 Å². The highest BCUT2D eigenvalue weighted by atomic mass is 16.5. The molecule has 0 bridgehead atoms. The maximum atomic E-state index is 11.7. The van der Waals surface area contributed by atoms with Gasteiger partial charge in [0.15, 0.2) is 5.82 Å². The summed E-state index contributed by atoms with van der Waals surface area (Å²) in [5.41, 5.74) is 1.21. The van der Waals surface area contributed by atoms with Gasteiger partial charge in [-0.05, 0) is 44.7 Å². The molecule has 0 amide bonds. The van der Waals surface area contributed by atoms with Gasteiger partial charge >= 0.3 is 5.97 Å². The third-order valence-electron chi connectivity index (χ3n) is 5.04. The molecule has 2 fully saturated rings. The Bertz CT molecular complexity index is 776. The minimum atomic E-state index is -0.348. The largest absolute Gasteiger partial charge is 0.465 e. The Morgan fingerprint density at radius 2 is 1.92 bits per heavy atom. The number of ether oxygens (including phenoxy) is 1. The Hall–Kier alpha value is -2.44. The molecule has 1 saturated heterocycles. The van der Waals surface area contributed by atoms with Crippen molar-refractivity contribution < 1.29 is 14.1 Å². The van der Waals surface area contributed by atoms with E-state index >= 15 is 0 Å². The fourth-order valence-electron chi connectivity index (χ4n) is 3.33. The second-order valence-electron chi connectivity index (χ2n) is 6.82. The maximum absolute atomic E-state index is 11.7. The number of pyridine rings is 1. The number of esters is 1. The average molecular weight is 342 g/mol. The van der Waals surface area contributed by atoms with E-state index in [1.807, 2.05) is 13.0 Å². The standard InChI is InChI=1S/C18H22N4O3/c1-11-14(18(23)24-2)5-6-15(19-11)22-9-7-12(8-10-22)16-20-17(25-21-16)13-3-4-13/h5-6,12-13H,3-4,7-10H2,1-2H3. The number of piperidine rings is 1. The Morgan fingerprint density at radius 3 is 2.56 bits per heavy atom. The van der Waals surface area contributed by atoms with Crippen LogP contribution in [0, 0.1) is 6.92 Å². The summed E-state index contributed by atoms with van der Waals surface area (Å²) in [5.74, 6) is 3.07. The fraction of sp³-hybridized carbons (Fsp3) is 0.556. The Kier molecular flexibility index (Phi) is 4.15. The molecule has 2 aromatic heterocycles. The van der Waals surface area contributed by atoms with E-state index in [1.54, 1.807) is 6.07 Å². The SMILES string of the molecule is COC(=O)c1ccc(N2CCC(c3noc(C4CC4)n3)CC2)nc1C. The summed E-state index contributed by atoms with van der Waals surface area (Å²) >= 11 is 0. The molecule has 7 heteroatoms. The van der Waals surface area contributed by atoms with E-state index in [1.165, 1.54) is 20.0 Å². The van der Waals surface area contributed by atoms with Gasteiger partial charge in [-0.15, -0.1) is 0 Å². The van der Waals surface area contributed by atoms with Gasteiger partial charge < -0.3 is 14.2 Å². The van der Waals surface area contributed by atoms with Gasteiger partial charge in [-0.1, -0.05) is 5.16 Å². The molecule has 3 heterocycles. The van der Waals surface area contributed by atoms with Crippen molar-refractivity contribution in [2.75, 3.05) is 25.1 Å². The summed E-state index contributed by atoms with van der Waals surface area (Å²) in [4.78, 5) is 23.1. The van der Waals surface area contributed by atoms with E-state index in [0.717, 1.165) is 43.5 Å². The highest BCUT2D eigenvalue weighted by molar-refractivity contribution is 5.90. The van der Waals surface area contributed by atoms with E-state index in [2.05, 4.69) is 20.0 Å². The van der Waals surface area contributed by atoms with Crippen LogP contribution in [0.2, 0.25) is 0 Å². The first kappa shape index (κ1) is 16.1. The Balaban J connectivity index is 1.41. The zero-order valence-electron chi connectivity index (χ0n) is 14.6. The summed E-state index contributed by atoms with van der Waals surface area (Å²) in [7, 11) is 1.38. The summed E-state index contributed by atoms with van der Waals surface area (Å²) < 4.78 is 10.2. The zero-order chi connectivity index (χ0) is 17.4. The molecule has 0 radical (unpaired) electrons. The number of rotatable bonds is 4. The van der Waals surface area contributed by atoms with E-state index in [0.29, 0.717) is 23.1 Å². The van der Waals surface area contributed by atoms with E-state index in [4.69, 9.17) is 9.26 Å². The third-order valence-corrected chi connectivity index (χ3v) is 5.04. The molecular formula is C18H22N4O3. The second-order valence-corrected chi connectivity index (χ2v) is 6.82. The van der Waals surface area contributed by atoms with Crippen molar-refractivity contribution in [2.24, 2.45) is 0 Å². The summed E-state index contributed by atoms with van der Waals surface area (Å²) in [6.45, 7) is 3.62. The molecule has 0 aromatic carbocycles. The highest BCUT2D eigenvalue weighted by Crippen LogP contribution is 2.40. The van der Waals surface area contributed by atoms with Gasteiger partial charge in [0, 0.05) is 24.9 Å². The number of nitrogens with zero attached hydrogens (tertiary/aromatic N) is 4. The van der Waals surface area contributed by atoms with E-state index in [-0.39, 0.29) is 5.97 Å². The van der Waals surface area contributed by atoms with Crippen LogP contribution in [0.4, 0.5) is 5.82 Å². The molecule has 1 saturated carbocycles. The second kappa shape index (κ2) is 6.46. The molecule has 0 unspecified atom stereocenters. The number of aryl methyl sites for hydroxylation is 1. The molecule has 132 valence electrons. The van der Waals surface area contributed by atoms with Crippen molar-refractivity contribution in [2.45, 2.75) is 44.4 Å². The topological polar surface area (TPSA) is 81.4 Å². The quantitative estimate of drug-likeness (QED) is 0.790. The van der Waals surface area contributed by atoms with E-state index in [9.17, 15) is 4.79 Å². The molecule has 0 N–H and O–H groups in total. The lowest BCUT2D eigenvalue weighted by Gasteiger charge is -2.31. The molecule has 0 spiro atoms. The van der Waals surface area contributed by atoms with Gasteiger partial charge in [-0.3, -0.25) is 0 Å².